The second-order valence-corrected chi connectivity index (χ2v) is 17.6. The maximum atomic E-state index is 14.4. The molecule has 0 unspecified atom stereocenters. The second kappa shape index (κ2) is 13.1. The predicted octanol–water partition coefficient (Wildman–Crippen LogP) is 15.6. The van der Waals surface area contributed by atoms with Gasteiger partial charge in [-0.1, -0.05) is 127 Å². The molecular formula is C61H35N3O2. The van der Waals surface area contributed by atoms with Crippen LogP contribution in [0.2, 0.25) is 0 Å². The van der Waals surface area contributed by atoms with Crippen LogP contribution in [-0.4, -0.2) is 13.5 Å². The molecular weight excluding hydrogens is 807 g/mol. The lowest BCUT2D eigenvalue weighted by Gasteiger charge is -2.11. The molecule has 306 valence electrons. The Kier molecular flexibility index (Phi) is 7.03. The molecule has 0 radical (unpaired) electrons. The van der Waals surface area contributed by atoms with Gasteiger partial charge in [-0.25, -0.2) is 0 Å². The van der Waals surface area contributed by atoms with E-state index in [1.807, 2.05) is 28.7 Å². The van der Waals surface area contributed by atoms with Crippen LogP contribution in [0.4, 0.5) is 0 Å². The summed E-state index contributed by atoms with van der Waals surface area (Å²) < 4.78 is 13.5. The Morgan fingerprint density at radius 3 is 1.80 bits per heavy atom. The van der Waals surface area contributed by atoms with Gasteiger partial charge in [0, 0.05) is 65.2 Å². The van der Waals surface area contributed by atoms with Crippen molar-refractivity contribution in [2.24, 2.45) is 0 Å². The molecule has 0 N–H and O–H groups in total. The van der Waals surface area contributed by atoms with Crippen LogP contribution in [0.3, 0.4) is 0 Å². The summed E-state index contributed by atoms with van der Waals surface area (Å²) >= 11 is 0. The zero-order valence-electron chi connectivity index (χ0n) is 35.4. The zero-order valence-corrected chi connectivity index (χ0v) is 35.4. The van der Waals surface area contributed by atoms with Crippen LogP contribution in [0.5, 0.6) is 0 Å². The van der Waals surface area contributed by atoms with Crippen molar-refractivity contribution in [3.8, 4) is 33.6 Å². The Hall–Kier alpha value is -8.93. The Morgan fingerprint density at radius 1 is 0.318 bits per heavy atom. The van der Waals surface area contributed by atoms with Gasteiger partial charge < -0.3 is 13.6 Å². The molecule has 0 aliphatic rings. The number of nitrogens with zero attached hydrogens (tertiary/aromatic N) is 3. The zero-order chi connectivity index (χ0) is 43.2. The summed E-state index contributed by atoms with van der Waals surface area (Å²) in [6.07, 6.45) is 0. The minimum absolute atomic E-state index is 0.000681. The number of para-hydroxylation sites is 3. The molecule has 0 aliphatic carbocycles. The Balaban J connectivity index is 1.03. The molecule has 5 aromatic heterocycles. The largest absolute Gasteiger partial charge is 0.456 e. The van der Waals surface area contributed by atoms with Crippen molar-refractivity contribution in [3.63, 3.8) is 0 Å². The van der Waals surface area contributed by atoms with Gasteiger partial charge >= 0.3 is 0 Å². The highest BCUT2D eigenvalue weighted by Crippen LogP contribution is 2.45. The molecule has 0 bridgehead atoms. The van der Waals surface area contributed by atoms with E-state index in [9.17, 15) is 4.79 Å². The monoisotopic (exact) mass is 841 g/mol. The highest BCUT2D eigenvalue weighted by molar-refractivity contribution is 6.27. The lowest BCUT2D eigenvalue weighted by atomic mass is 9.94. The average molecular weight is 842 g/mol. The summed E-state index contributed by atoms with van der Waals surface area (Å²) in [5, 5.41) is 11.7. The third-order valence-electron chi connectivity index (χ3n) is 14.2. The summed E-state index contributed by atoms with van der Waals surface area (Å²) in [6, 6.07) is 75.4. The number of furan rings is 1. The van der Waals surface area contributed by atoms with Gasteiger partial charge in [-0.05, 0) is 113 Å². The first-order chi connectivity index (χ1) is 32.7. The minimum atomic E-state index is 0.000681. The van der Waals surface area contributed by atoms with Crippen molar-refractivity contribution in [2.75, 3.05) is 0 Å². The second-order valence-electron chi connectivity index (χ2n) is 17.6. The van der Waals surface area contributed by atoms with Gasteiger partial charge in [-0.2, -0.15) is 0 Å². The van der Waals surface area contributed by atoms with E-state index >= 15 is 0 Å². The standard InChI is InChI=1S/C61H35N3O2/c65-61-45-20-8-7-18-42(45)48-33-38(34-49-47-32-37(36-14-3-1-4-15-36)26-29-53(47)64(61)59(48)49)41-22-13-25-56-57(41)50-35-40(27-31-55(50)66-56)63-51-23-11-9-19-43(51)44-28-30-54-58(60(44)63)46-21-10-12-24-52(46)62(54)39-16-5-2-6-17-39/h1-35H. The number of fused-ring (bicyclic) bond motifs is 15. The van der Waals surface area contributed by atoms with Crippen LogP contribution in [0.1, 0.15) is 0 Å². The highest BCUT2D eigenvalue weighted by Gasteiger charge is 2.24. The molecule has 0 aliphatic heterocycles. The van der Waals surface area contributed by atoms with Crippen molar-refractivity contribution in [2.45, 2.75) is 0 Å². The molecule has 5 heteroatoms. The molecule has 10 aromatic carbocycles. The molecule has 5 heterocycles. The van der Waals surface area contributed by atoms with Crippen LogP contribution in [0, 0.1) is 0 Å². The maximum Gasteiger partial charge on any atom is 0.263 e. The number of rotatable bonds is 4. The molecule has 0 saturated heterocycles. The van der Waals surface area contributed by atoms with Gasteiger partial charge in [0.05, 0.1) is 33.1 Å². The van der Waals surface area contributed by atoms with Crippen LogP contribution >= 0.6 is 0 Å². The number of pyridine rings is 1. The van der Waals surface area contributed by atoms with Crippen molar-refractivity contribution >= 4 is 104 Å². The molecule has 0 amide bonds. The van der Waals surface area contributed by atoms with E-state index < -0.39 is 0 Å². The van der Waals surface area contributed by atoms with Crippen LogP contribution in [0.25, 0.3) is 137 Å². The van der Waals surface area contributed by atoms with Crippen molar-refractivity contribution in [3.05, 3.63) is 223 Å². The van der Waals surface area contributed by atoms with Crippen molar-refractivity contribution in [1.82, 2.24) is 13.5 Å². The molecule has 15 aromatic rings. The van der Waals surface area contributed by atoms with Crippen LogP contribution < -0.4 is 5.56 Å². The predicted molar refractivity (Wildman–Crippen MR) is 274 cm³/mol. The summed E-state index contributed by atoms with van der Waals surface area (Å²) in [7, 11) is 0. The van der Waals surface area contributed by atoms with Gasteiger partial charge in [-0.15, -0.1) is 0 Å². The minimum Gasteiger partial charge on any atom is -0.456 e. The van der Waals surface area contributed by atoms with Gasteiger partial charge in [0.1, 0.15) is 11.2 Å². The van der Waals surface area contributed by atoms with E-state index in [1.165, 1.54) is 32.6 Å². The third kappa shape index (κ3) is 4.70. The van der Waals surface area contributed by atoms with E-state index in [1.54, 1.807) is 0 Å². The highest BCUT2D eigenvalue weighted by atomic mass is 16.3. The summed E-state index contributed by atoms with van der Waals surface area (Å²) in [6.45, 7) is 0. The fourth-order valence-electron chi connectivity index (χ4n) is 11.4. The van der Waals surface area contributed by atoms with E-state index in [0.29, 0.717) is 5.39 Å². The number of benzene rings is 10. The Bertz CT molecular complexity index is 4590. The van der Waals surface area contributed by atoms with E-state index in [2.05, 4.69) is 197 Å². The molecule has 0 spiro atoms. The van der Waals surface area contributed by atoms with Gasteiger partial charge in [0.15, 0.2) is 0 Å². The lowest BCUT2D eigenvalue weighted by Crippen LogP contribution is -2.12. The summed E-state index contributed by atoms with van der Waals surface area (Å²) in [4.78, 5) is 14.4. The fraction of sp³-hybridized carbons (Fsp3) is 0. The first kappa shape index (κ1) is 35.5. The molecule has 5 nitrogen and oxygen atoms in total. The molecule has 15 rings (SSSR count). The SMILES string of the molecule is O=c1c2ccccc2c2cc(-c3cccc4oc5ccc(-n6c7ccccc7c7ccc8c(c9ccccc9n8-c8ccccc8)c76)cc5c34)cc3c4cc(-c5ccccc5)ccc4n1c23. The van der Waals surface area contributed by atoms with Gasteiger partial charge in [-0.3, -0.25) is 9.20 Å². The summed E-state index contributed by atoms with van der Waals surface area (Å²) in [5.41, 5.74) is 14.8. The smallest absolute Gasteiger partial charge is 0.263 e. The van der Waals surface area contributed by atoms with Gasteiger partial charge in [0.2, 0.25) is 0 Å². The normalized spacial score (nSPS) is 12.3. The average Bonchev–Trinajstić information content (AvgIpc) is 4.12. The number of aromatic nitrogens is 3. The quantitative estimate of drug-likeness (QED) is 0.166. The first-order valence-electron chi connectivity index (χ1n) is 22.5. The molecule has 0 fully saturated rings. The summed E-state index contributed by atoms with van der Waals surface area (Å²) in [5.74, 6) is 0. The number of hydrogen-bond acceptors (Lipinski definition) is 2. The van der Waals surface area contributed by atoms with Crippen molar-refractivity contribution < 1.29 is 4.42 Å². The topological polar surface area (TPSA) is 44.5 Å². The third-order valence-corrected chi connectivity index (χ3v) is 14.2. The Morgan fingerprint density at radius 2 is 0.985 bits per heavy atom. The van der Waals surface area contributed by atoms with E-state index in [-0.39, 0.29) is 5.56 Å². The maximum absolute atomic E-state index is 14.4. The Labute approximate surface area is 376 Å². The number of hydrogen-bond donors (Lipinski definition) is 0. The van der Waals surface area contributed by atoms with Crippen LogP contribution in [0.15, 0.2) is 222 Å². The fourth-order valence-corrected chi connectivity index (χ4v) is 11.4. The van der Waals surface area contributed by atoms with Crippen LogP contribution in [-0.2, 0) is 0 Å². The van der Waals surface area contributed by atoms with Gasteiger partial charge in [0.25, 0.3) is 5.56 Å². The lowest BCUT2D eigenvalue weighted by molar-refractivity contribution is 0.669. The van der Waals surface area contributed by atoms with E-state index in [4.69, 9.17) is 4.42 Å². The first-order valence-corrected chi connectivity index (χ1v) is 22.5. The molecule has 0 atom stereocenters. The van der Waals surface area contributed by atoms with E-state index in [0.717, 1.165) is 99.2 Å². The van der Waals surface area contributed by atoms with Crippen molar-refractivity contribution in [1.29, 1.82) is 0 Å². The molecule has 66 heavy (non-hydrogen) atoms. The molecule has 0 saturated carbocycles.